The van der Waals surface area contributed by atoms with Crippen molar-refractivity contribution in [1.29, 1.82) is 5.26 Å². The first-order valence-corrected chi connectivity index (χ1v) is 8.87. The number of aromatic nitrogens is 2. The number of piperazine rings is 1. The highest BCUT2D eigenvalue weighted by Crippen LogP contribution is 2.20. The molecule has 2 heterocycles. The molecule has 1 atom stereocenters. The van der Waals surface area contributed by atoms with Gasteiger partial charge < -0.3 is 15.5 Å². The zero-order chi connectivity index (χ0) is 20.1. The van der Waals surface area contributed by atoms with Gasteiger partial charge in [0.2, 0.25) is 11.8 Å². The van der Waals surface area contributed by atoms with Gasteiger partial charge >= 0.3 is 0 Å². The fourth-order valence-electron chi connectivity index (χ4n) is 3.00. The first-order chi connectivity index (χ1) is 13.5. The van der Waals surface area contributed by atoms with Gasteiger partial charge in [-0.25, -0.2) is 9.97 Å². The third-order valence-electron chi connectivity index (χ3n) is 4.34. The molecule has 2 amide bonds. The number of carbonyl (C=O) groups excluding carboxylic acids is 2. The summed E-state index contributed by atoms with van der Waals surface area (Å²) in [5, 5.41) is 9.77. The van der Waals surface area contributed by atoms with Crippen LogP contribution in [0.4, 0.5) is 5.82 Å². The Labute approximate surface area is 166 Å². The number of nitrogens with two attached hydrogens (primary N) is 1. The molecule has 1 aromatic heterocycles. The Bertz CT molecular complexity index is 971. The third kappa shape index (κ3) is 4.27. The minimum Gasteiger partial charge on any atom is -0.368 e. The Morgan fingerprint density at radius 2 is 2.07 bits per heavy atom. The van der Waals surface area contributed by atoms with E-state index in [1.54, 1.807) is 29.2 Å². The van der Waals surface area contributed by atoms with Crippen LogP contribution < -0.4 is 10.6 Å². The molecule has 1 saturated heterocycles. The SMILES string of the molecule is N#Cc1nccnc1N1CCN(C(=O)C=Cc2cccc(Cl)c2)C(C(N)=O)C1. The summed E-state index contributed by atoms with van der Waals surface area (Å²) in [6.45, 7) is 0.793. The van der Waals surface area contributed by atoms with E-state index >= 15 is 0 Å². The van der Waals surface area contributed by atoms with E-state index in [1.165, 1.54) is 23.4 Å². The zero-order valence-electron chi connectivity index (χ0n) is 14.8. The lowest BCUT2D eigenvalue weighted by molar-refractivity contribution is -0.136. The van der Waals surface area contributed by atoms with Gasteiger partial charge in [-0.05, 0) is 23.8 Å². The average molecular weight is 397 g/mol. The molecule has 1 aliphatic rings. The van der Waals surface area contributed by atoms with Gasteiger partial charge in [-0.3, -0.25) is 9.59 Å². The molecule has 1 unspecified atom stereocenters. The number of rotatable bonds is 4. The highest BCUT2D eigenvalue weighted by Gasteiger charge is 2.34. The summed E-state index contributed by atoms with van der Waals surface area (Å²) < 4.78 is 0. The van der Waals surface area contributed by atoms with E-state index in [-0.39, 0.29) is 24.7 Å². The highest BCUT2D eigenvalue weighted by molar-refractivity contribution is 6.30. The summed E-state index contributed by atoms with van der Waals surface area (Å²) in [5.41, 5.74) is 6.46. The van der Waals surface area contributed by atoms with Crippen LogP contribution in [0.3, 0.4) is 0 Å². The Morgan fingerprint density at radius 3 is 2.79 bits per heavy atom. The van der Waals surface area contributed by atoms with Crippen molar-refractivity contribution in [1.82, 2.24) is 14.9 Å². The van der Waals surface area contributed by atoms with Gasteiger partial charge in [0.05, 0.1) is 0 Å². The van der Waals surface area contributed by atoms with E-state index in [0.717, 1.165) is 5.56 Å². The number of carbonyl (C=O) groups is 2. The molecule has 1 fully saturated rings. The van der Waals surface area contributed by atoms with E-state index < -0.39 is 11.9 Å². The predicted octanol–water partition coefficient (Wildman–Crippen LogP) is 1.22. The summed E-state index contributed by atoms with van der Waals surface area (Å²) in [6, 6.07) is 8.20. The average Bonchev–Trinajstić information content (AvgIpc) is 2.71. The van der Waals surface area contributed by atoms with E-state index in [0.29, 0.717) is 17.4 Å². The van der Waals surface area contributed by atoms with Crippen molar-refractivity contribution in [3.05, 3.63) is 59.0 Å². The first kappa shape index (κ1) is 19.3. The number of halogens is 1. The molecule has 9 heteroatoms. The second kappa shape index (κ2) is 8.50. The summed E-state index contributed by atoms with van der Waals surface area (Å²) >= 11 is 5.94. The molecule has 1 aliphatic heterocycles. The monoisotopic (exact) mass is 396 g/mol. The fourth-order valence-corrected chi connectivity index (χ4v) is 3.20. The van der Waals surface area contributed by atoms with Crippen molar-refractivity contribution in [3.8, 4) is 6.07 Å². The van der Waals surface area contributed by atoms with Gasteiger partial charge in [-0.2, -0.15) is 5.26 Å². The molecular weight excluding hydrogens is 380 g/mol. The van der Waals surface area contributed by atoms with Crippen LogP contribution in [-0.4, -0.2) is 52.4 Å². The number of benzene rings is 1. The molecule has 1 aromatic carbocycles. The molecule has 2 N–H and O–H groups in total. The Hall–Kier alpha value is -3.44. The van der Waals surface area contributed by atoms with Crippen molar-refractivity contribution in [3.63, 3.8) is 0 Å². The van der Waals surface area contributed by atoms with Gasteiger partial charge in [0.15, 0.2) is 11.5 Å². The van der Waals surface area contributed by atoms with Gasteiger partial charge in [0.1, 0.15) is 12.1 Å². The van der Waals surface area contributed by atoms with Crippen LogP contribution in [0.5, 0.6) is 0 Å². The van der Waals surface area contributed by atoms with Crippen LogP contribution in [0, 0.1) is 11.3 Å². The number of hydrogen-bond donors (Lipinski definition) is 1. The van der Waals surface area contributed by atoms with Gasteiger partial charge in [-0.15, -0.1) is 0 Å². The fraction of sp³-hybridized carbons (Fsp3) is 0.211. The van der Waals surface area contributed by atoms with Crippen molar-refractivity contribution in [2.24, 2.45) is 5.73 Å². The number of primary amides is 1. The number of amides is 2. The maximum Gasteiger partial charge on any atom is 0.247 e. The van der Waals surface area contributed by atoms with Crippen molar-refractivity contribution in [2.45, 2.75) is 6.04 Å². The van der Waals surface area contributed by atoms with E-state index in [9.17, 15) is 14.9 Å². The smallest absolute Gasteiger partial charge is 0.247 e. The molecule has 28 heavy (non-hydrogen) atoms. The summed E-state index contributed by atoms with van der Waals surface area (Å²) in [7, 11) is 0. The van der Waals surface area contributed by atoms with Crippen LogP contribution in [0.15, 0.2) is 42.7 Å². The Morgan fingerprint density at radius 1 is 1.29 bits per heavy atom. The second-order valence-electron chi connectivity index (χ2n) is 6.12. The third-order valence-corrected chi connectivity index (χ3v) is 4.58. The summed E-state index contributed by atoms with van der Waals surface area (Å²) in [6.07, 6.45) is 5.92. The minimum atomic E-state index is -0.848. The molecule has 0 radical (unpaired) electrons. The second-order valence-corrected chi connectivity index (χ2v) is 6.56. The van der Waals surface area contributed by atoms with Gasteiger partial charge in [0.25, 0.3) is 0 Å². The zero-order valence-corrected chi connectivity index (χ0v) is 15.6. The highest BCUT2D eigenvalue weighted by atomic mass is 35.5. The van der Waals surface area contributed by atoms with Crippen molar-refractivity contribution < 1.29 is 9.59 Å². The van der Waals surface area contributed by atoms with Crippen LogP contribution in [0.25, 0.3) is 6.08 Å². The van der Waals surface area contributed by atoms with Crippen molar-refractivity contribution >= 4 is 35.3 Å². The number of anilines is 1. The van der Waals surface area contributed by atoms with Gasteiger partial charge in [-0.1, -0.05) is 23.7 Å². The van der Waals surface area contributed by atoms with Crippen LogP contribution >= 0.6 is 11.6 Å². The molecule has 8 nitrogen and oxygen atoms in total. The van der Waals surface area contributed by atoms with Crippen LogP contribution in [-0.2, 0) is 9.59 Å². The number of hydrogen-bond acceptors (Lipinski definition) is 6. The molecule has 0 bridgehead atoms. The molecular formula is C19H17ClN6O2. The molecule has 0 spiro atoms. The summed E-state index contributed by atoms with van der Waals surface area (Å²) in [5.74, 6) is -0.586. The van der Waals surface area contributed by atoms with Gasteiger partial charge in [0, 0.05) is 43.1 Å². The topological polar surface area (TPSA) is 116 Å². The lowest BCUT2D eigenvalue weighted by Gasteiger charge is -2.40. The standard InChI is InChI=1S/C19H17ClN6O2/c20-14-3-1-2-13(10-14)4-5-17(27)26-9-8-25(12-16(26)18(22)28)19-15(11-21)23-6-7-24-19/h1-7,10,16H,8-9,12H2,(H2,22,28). The molecule has 0 saturated carbocycles. The van der Waals surface area contributed by atoms with Crippen LogP contribution in [0.1, 0.15) is 11.3 Å². The lowest BCUT2D eigenvalue weighted by atomic mass is 10.1. The quantitative estimate of drug-likeness (QED) is 0.776. The minimum absolute atomic E-state index is 0.138. The first-order valence-electron chi connectivity index (χ1n) is 8.49. The molecule has 2 aromatic rings. The normalized spacial score (nSPS) is 16.8. The number of nitriles is 1. The Kier molecular flexibility index (Phi) is 5.87. The van der Waals surface area contributed by atoms with Crippen molar-refractivity contribution in [2.75, 3.05) is 24.5 Å². The maximum atomic E-state index is 12.6. The lowest BCUT2D eigenvalue weighted by Crippen LogP contribution is -2.60. The summed E-state index contributed by atoms with van der Waals surface area (Å²) in [4.78, 5) is 35.9. The molecule has 3 rings (SSSR count). The molecule has 142 valence electrons. The number of nitrogens with zero attached hydrogens (tertiary/aromatic N) is 5. The molecule has 0 aliphatic carbocycles. The predicted molar refractivity (Wildman–Crippen MR) is 104 cm³/mol. The van der Waals surface area contributed by atoms with E-state index in [2.05, 4.69) is 9.97 Å². The van der Waals surface area contributed by atoms with E-state index in [4.69, 9.17) is 17.3 Å². The van der Waals surface area contributed by atoms with E-state index in [1.807, 2.05) is 12.1 Å². The Balaban J connectivity index is 1.77. The largest absolute Gasteiger partial charge is 0.368 e. The van der Waals surface area contributed by atoms with Crippen LogP contribution in [0.2, 0.25) is 5.02 Å². The maximum absolute atomic E-state index is 12.6.